The molecular formula is C18H19BrF2N2O3S. The summed E-state index contributed by atoms with van der Waals surface area (Å²) in [4.78, 5) is 1.88. The summed E-state index contributed by atoms with van der Waals surface area (Å²) < 4.78 is 59.5. The molecule has 27 heavy (non-hydrogen) atoms. The molecule has 1 fully saturated rings. The molecular weight excluding hydrogens is 442 g/mol. The molecule has 0 N–H and O–H groups in total. The zero-order valence-electron chi connectivity index (χ0n) is 14.4. The Hall–Kier alpha value is -1.55. The molecule has 1 saturated heterocycles. The molecule has 0 bridgehead atoms. The Balaban J connectivity index is 1.51. The molecule has 0 amide bonds. The van der Waals surface area contributed by atoms with Crippen LogP contribution in [-0.2, 0) is 10.0 Å². The highest BCUT2D eigenvalue weighted by Crippen LogP contribution is 2.20. The Kier molecular flexibility index (Phi) is 6.46. The quantitative estimate of drug-likeness (QED) is 0.664. The second kappa shape index (κ2) is 8.64. The molecule has 1 heterocycles. The van der Waals surface area contributed by atoms with Crippen LogP contribution in [0.4, 0.5) is 8.78 Å². The van der Waals surface area contributed by atoms with Crippen molar-refractivity contribution in [3.05, 3.63) is 58.6 Å². The van der Waals surface area contributed by atoms with Gasteiger partial charge < -0.3 is 4.74 Å². The van der Waals surface area contributed by atoms with E-state index in [1.807, 2.05) is 24.3 Å². The number of ether oxygens (including phenoxy) is 1. The summed E-state index contributed by atoms with van der Waals surface area (Å²) in [7, 11) is -3.83. The van der Waals surface area contributed by atoms with E-state index in [0.29, 0.717) is 26.2 Å². The maximum absolute atomic E-state index is 13.4. The van der Waals surface area contributed by atoms with Crippen molar-refractivity contribution in [2.45, 2.75) is 4.90 Å². The zero-order chi connectivity index (χ0) is 19.4. The van der Waals surface area contributed by atoms with Crippen molar-refractivity contribution in [2.24, 2.45) is 0 Å². The van der Waals surface area contributed by atoms with E-state index >= 15 is 0 Å². The average Bonchev–Trinajstić information content (AvgIpc) is 2.64. The fourth-order valence-corrected chi connectivity index (χ4v) is 4.64. The summed E-state index contributed by atoms with van der Waals surface area (Å²) in [6.45, 7) is 2.84. The fourth-order valence-electron chi connectivity index (χ4n) is 2.83. The number of piperazine rings is 1. The van der Waals surface area contributed by atoms with Gasteiger partial charge in [-0.2, -0.15) is 4.31 Å². The molecule has 146 valence electrons. The first-order chi connectivity index (χ1) is 12.9. The molecule has 1 aliphatic rings. The van der Waals surface area contributed by atoms with E-state index in [1.54, 1.807) is 0 Å². The standard InChI is InChI=1S/C18H19BrF2N2O3S/c19-14-2-1-3-15(12-14)26-11-10-22-6-8-23(9-7-22)27(24,25)16-4-5-17(20)18(21)13-16/h1-5,12-13H,6-11H2. The van der Waals surface area contributed by atoms with Crippen LogP contribution in [0, 0.1) is 11.6 Å². The Morgan fingerprint density at radius 3 is 2.41 bits per heavy atom. The van der Waals surface area contributed by atoms with Gasteiger partial charge in [-0.25, -0.2) is 17.2 Å². The Labute approximate surface area is 165 Å². The first-order valence-electron chi connectivity index (χ1n) is 8.42. The van der Waals surface area contributed by atoms with Crippen LogP contribution in [0.1, 0.15) is 0 Å². The molecule has 1 aliphatic heterocycles. The number of nitrogens with zero attached hydrogens (tertiary/aromatic N) is 2. The molecule has 3 rings (SSSR count). The van der Waals surface area contributed by atoms with Gasteiger partial charge in [-0.1, -0.05) is 22.0 Å². The molecule has 9 heteroatoms. The minimum absolute atomic E-state index is 0.229. The van der Waals surface area contributed by atoms with Crippen molar-refractivity contribution in [3.63, 3.8) is 0 Å². The molecule has 0 aromatic heterocycles. The Morgan fingerprint density at radius 1 is 1.00 bits per heavy atom. The number of hydrogen-bond acceptors (Lipinski definition) is 4. The van der Waals surface area contributed by atoms with Gasteiger partial charge in [0.25, 0.3) is 0 Å². The van der Waals surface area contributed by atoms with Crippen LogP contribution in [0.3, 0.4) is 0 Å². The largest absolute Gasteiger partial charge is 0.492 e. The molecule has 0 aliphatic carbocycles. The van der Waals surface area contributed by atoms with Gasteiger partial charge in [0.2, 0.25) is 10.0 Å². The lowest BCUT2D eigenvalue weighted by Crippen LogP contribution is -2.49. The second-order valence-electron chi connectivity index (χ2n) is 6.13. The predicted octanol–water partition coefficient (Wildman–Crippen LogP) is 3.11. The van der Waals surface area contributed by atoms with Crippen molar-refractivity contribution in [3.8, 4) is 5.75 Å². The zero-order valence-corrected chi connectivity index (χ0v) is 16.8. The van der Waals surface area contributed by atoms with E-state index in [2.05, 4.69) is 20.8 Å². The highest BCUT2D eigenvalue weighted by atomic mass is 79.9. The van der Waals surface area contributed by atoms with Gasteiger partial charge in [0.1, 0.15) is 12.4 Å². The summed E-state index contributed by atoms with van der Waals surface area (Å²) in [5.41, 5.74) is 0. The van der Waals surface area contributed by atoms with Crippen LogP contribution in [0.2, 0.25) is 0 Å². The highest BCUT2D eigenvalue weighted by Gasteiger charge is 2.29. The monoisotopic (exact) mass is 460 g/mol. The van der Waals surface area contributed by atoms with Crippen LogP contribution >= 0.6 is 15.9 Å². The third-order valence-electron chi connectivity index (χ3n) is 4.33. The third kappa shape index (κ3) is 5.04. The van der Waals surface area contributed by atoms with Gasteiger partial charge in [-0.15, -0.1) is 0 Å². The molecule has 2 aromatic rings. The number of sulfonamides is 1. The van der Waals surface area contributed by atoms with E-state index in [1.165, 1.54) is 4.31 Å². The number of halogens is 3. The summed E-state index contributed by atoms with van der Waals surface area (Å²) in [5.74, 6) is -1.47. The van der Waals surface area contributed by atoms with E-state index < -0.39 is 21.7 Å². The molecule has 5 nitrogen and oxygen atoms in total. The normalized spacial score (nSPS) is 16.4. The topological polar surface area (TPSA) is 49.9 Å². The van der Waals surface area contributed by atoms with Crippen LogP contribution in [0.5, 0.6) is 5.75 Å². The van der Waals surface area contributed by atoms with Crippen molar-refractivity contribution < 1.29 is 21.9 Å². The van der Waals surface area contributed by atoms with Crippen LogP contribution in [0.25, 0.3) is 0 Å². The summed E-state index contributed by atoms with van der Waals surface area (Å²) in [6, 6.07) is 10.2. The molecule has 2 aromatic carbocycles. The Morgan fingerprint density at radius 2 is 1.74 bits per heavy atom. The number of rotatable bonds is 6. The highest BCUT2D eigenvalue weighted by molar-refractivity contribution is 9.10. The number of hydrogen-bond donors (Lipinski definition) is 0. The smallest absolute Gasteiger partial charge is 0.243 e. The second-order valence-corrected chi connectivity index (χ2v) is 8.98. The van der Waals surface area contributed by atoms with Crippen molar-refractivity contribution in [1.82, 2.24) is 9.21 Å². The van der Waals surface area contributed by atoms with Gasteiger partial charge in [0.05, 0.1) is 4.90 Å². The molecule has 0 radical (unpaired) electrons. The van der Waals surface area contributed by atoms with Gasteiger partial charge in [0.15, 0.2) is 11.6 Å². The van der Waals surface area contributed by atoms with Crippen LogP contribution in [-0.4, -0.2) is 57.0 Å². The lowest BCUT2D eigenvalue weighted by atomic mass is 10.3. The van der Waals surface area contributed by atoms with Gasteiger partial charge in [-0.05, 0) is 36.4 Å². The lowest BCUT2D eigenvalue weighted by molar-refractivity contribution is 0.159. The van der Waals surface area contributed by atoms with Crippen molar-refractivity contribution in [2.75, 3.05) is 39.3 Å². The fraction of sp³-hybridized carbons (Fsp3) is 0.333. The van der Waals surface area contributed by atoms with Gasteiger partial charge >= 0.3 is 0 Å². The predicted molar refractivity (Wildman–Crippen MR) is 101 cm³/mol. The van der Waals surface area contributed by atoms with Gasteiger partial charge in [0, 0.05) is 37.2 Å². The minimum Gasteiger partial charge on any atom is -0.492 e. The van der Waals surface area contributed by atoms with E-state index in [9.17, 15) is 17.2 Å². The van der Waals surface area contributed by atoms with Crippen molar-refractivity contribution >= 4 is 26.0 Å². The number of benzene rings is 2. The van der Waals surface area contributed by atoms with Crippen LogP contribution < -0.4 is 4.74 Å². The third-order valence-corrected chi connectivity index (χ3v) is 6.72. The lowest BCUT2D eigenvalue weighted by Gasteiger charge is -2.33. The van der Waals surface area contributed by atoms with Crippen molar-refractivity contribution in [1.29, 1.82) is 0 Å². The maximum Gasteiger partial charge on any atom is 0.243 e. The molecule has 0 spiro atoms. The van der Waals surface area contributed by atoms with E-state index in [0.717, 1.165) is 28.4 Å². The van der Waals surface area contributed by atoms with E-state index in [-0.39, 0.29) is 18.0 Å². The first kappa shape index (κ1) is 20.2. The summed E-state index contributed by atoms with van der Waals surface area (Å²) >= 11 is 3.39. The molecule has 0 atom stereocenters. The van der Waals surface area contributed by atoms with E-state index in [4.69, 9.17) is 4.74 Å². The van der Waals surface area contributed by atoms with Crippen LogP contribution in [0.15, 0.2) is 51.8 Å². The Bertz CT molecular complexity index is 903. The maximum atomic E-state index is 13.4. The average molecular weight is 461 g/mol. The minimum atomic E-state index is -3.83. The van der Waals surface area contributed by atoms with Gasteiger partial charge in [-0.3, -0.25) is 4.90 Å². The summed E-state index contributed by atoms with van der Waals surface area (Å²) in [5, 5.41) is 0. The summed E-state index contributed by atoms with van der Waals surface area (Å²) in [6.07, 6.45) is 0. The first-order valence-corrected chi connectivity index (χ1v) is 10.7. The molecule has 0 unspecified atom stereocenters. The molecule has 0 saturated carbocycles. The SMILES string of the molecule is O=S(=O)(c1ccc(F)c(F)c1)N1CCN(CCOc2cccc(Br)c2)CC1.